The molecule has 2 aromatic heterocycles. The largest absolute Gasteiger partial charge is 0.338 e. The third kappa shape index (κ3) is 4.27. The number of aromatic nitrogens is 4. The van der Waals surface area contributed by atoms with Crippen LogP contribution in [0, 0.1) is 12.7 Å². The first kappa shape index (κ1) is 23.0. The first-order valence-electron chi connectivity index (χ1n) is 12.4. The molecule has 7 heteroatoms. The lowest BCUT2D eigenvalue weighted by atomic mass is 9.73. The van der Waals surface area contributed by atoms with Crippen LogP contribution >= 0.6 is 0 Å². The van der Waals surface area contributed by atoms with Gasteiger partial charge in [-0.05, 0) is 78.9 Å². The molecule has 0 N–H and O–H groups in total. The van der Waals surface area contributed by atoms with E-state index in [-0.39, 0.29) is 17.1 Å². The predicted molar refractivity (Wildman–Crippen MR) is 140 cm³/mol. The van der Waals surface area contributed by atoms with E-state index in [0.29, 0.717) is 18.7 Å². The fraction of sp³-hybridized carbons (Fsp3) is 0.200. The zero-order valence-corrected chi connectivity index (χ0v) is 20.5. The Morgan fingerprint density at radius 1 is 1.00 bits per heavy atom. The number of nitrogens with zero attached hydrogens (tertiary/aromatic N) is 5. The molecule has 1 aliphatic heterocycles. The minimum absolute atomic E-state index is 0.0207. The van der Waals surface area contributed by atoms with Crippen LogP contribution in [0.3, 0.4) is 0 Å². The summed E-state index contributed by atoms with van der Waals surface area (Å²) in [6.07, 6.45) is 6.62. The molecule has 0 bridgehead atoms. The van der Waals surface area contributed by atoms with Gasteiger partial charge in [0.15, 0.2) is 0 Å². The number of fused-ring (bicyclic) bond motifs is 1. The van der Waals surface area contributed by atoms with Crippen LogP contribution in [-0.4, -0.2) is 43.9 Å². The summed E-state index contributed by atoms with van der Waals surface area (Å²) >= 11 is 0. The molecule has 37 heavy (non-hydrogen) atoms. The van der Waals surface area contributed by atoms with E-state index in [0.717, 1.165) is 35.0 Å². The van der Waals surface area contributed by atoms with Crippen molar-refractivity contribution in [2.45, 2.75) is 25.2 Å². The van der Waals surface area contributed by atoms with Gasteiger partial charge in [0, 0.05) is 23.9 Å². The second-order valence-corrected chi connectivity index (χ2v) is 9.81. The number of hydrogen-bond donors (Lipinski definition) is 0. The quantitative estimate of drug-likeness (QED) is 0.335. The van der Waals surface area contributed by atoms with Crippen molar-refractivity contribution in [3.8, 4) is 5.69 Å². The van der Waals surface area contributed by atoms with Crippen LogP contribution in [0.15, 0.2) is 91.4 Å². The standard InChI is InChI=1S/C30H26FN5O/c1-21-15-28-24(19-34-36(28)26-9-7-25(31)8-10-26)16-27(21)30(17-22-5-3-2-4-6-22)12-14-35(20-30)29(37)23-11-13-32-33-18-23/h2-11,13,15-16,18-19H,12,14,17,20H2,1H3. The number of likely N-dealkylation sites (tertiary alicyclic amines) is 1. The highest BCUT2D eigenvalue weighted by atomic mass is 19.1. The maximum absolute atomic E-state index is 13.5. The third-order valence-corrected chi connectivity index (χ3v) is 7.41. The van der Waals surface area contributed by atoms with Crippen LogP contribution in [0.2, 0.25) is 0 Å². The Labute approximate surface area is 214 Å². The molecule has 1 atom stereocenters. The van der Waals surface area contributed by atoms with Crippen molar-refractivity contribution in [1.82, 2.24) is 24.9 Å². The highest BCUT2D eigenvalue weighted by Gasteiger charge is 2.42. The topological polar surface area (TPSA) is 63.9 Å². The van der Waals surface area contributed by atoms with Gasteiger partial charge in [0.05, 0.1) is 35.4 Å². The molecular weight excluding hydrogens is 465 g/mol. The summed E-state index contributed by atoms with van der Waals surface area (Å²) in [5.74, 6) is -0.294. The van der Waals surface area contributed by atoms with Crippen molar-refractivity contribution in [2.24, 2.45) is 0 Å². The summed E-state index contributed by atoms with van der Waals surface area (Å²) in [7, 11) is 0. The maximum atomic E-state index is 13.5. The molecule has 1 fully saturated rings. The Kier molecular flexibility index (Phi) is 5.75. The lowest BCUT2D eigenvalue weighted by Crippen LogP contribution is -2.36. The minimum Gasteiger partial charge on any atom is -0.338 e. The van der Waals surface area contributed by atoms with Crippen molar-refractivity contribution >= 4 is 16.8 Å². The Hall–Kier alpha value is -4.39. The van der Waals surface area contributed by atoms with E-state index < -0.39 is 0 Å². The molecule has 184 valence electrons. The molecule has 0 radical (unpaired) electrons. The van der Waals surface area contributed by atoms with Gasteiger partial charge in [-0.3, -0.25) is 4.79 Å². The lowest BCUT2D eigenvalue weighted by molar-refractivity contribution is 0.0782. The zero-order chi connectivity index (χ0) is 25.4. The van der Waals surface area contributed by atoms with Gasteiger partial charge in [-0.25, -0.2) is 9.07 Å². The fourth-order valence-corrected chi connectivity index (χ4v) is 5.63. The van der Waals surface area contributed by atoms with Crippen molar-refractivity contribution in [2.75, 3.05) is 13.1 Å². The Bertz CT molecular complexity index is 1570. The lowest BCUT2D eigenvalue weighted by Gasteiger charge is -2.32. The van der Waals surface area contributed by atoms with Crippen molar-refractivity contribution < 1.29 is 9.18 Å². The van der Waals surface area contributed by atoms with Gasteiger partial charge < -0.3 is 4.90 Å². The summed E-state index contributed by atoms with van der Waals surface area (Å²) in [4.78, 5) is 15.3. The van der Waals surface area contributed by atoms with Crippen molar-refractivity contribution in [3.05, 3.63) is 119 Å². The summed E-state index contributed by atoms with van der Waals surface area (Å²) in [5.41, 5.74) is 5.70. The predicted octanol–water partition coefficient (Wildman–Crippen LogP) is 5.29. The van der Waals surface area contributed by atoms with E-state index in [1.54, 1.807) is 24.4 Å². The molecule has 6 rings (SSSR count). The van der Waals surface area contributed by atoms with Crippen LogP contribution < -0.4 is 0 Å². The number of amides is 1. The first-order valence-corrected chi connectivity index (χ1v) is 12.4. The second-order valence-electron chi connectivity index (χ2n) is 9.81. The van der Waals surface area contributed by atoms with Gasteiger partial charge >= 0.3 is 0 Å². The molecule has 0 saturated carbocycles. The molecule has 0 aliphatic carbocycles. The Balaban J connectivity index is 1.42. The molecule has 0 spiro atoms. The van der Waals surface area contributed by atoms with Crippen LogP contribution in [0.1, 0.15) is 33.5 Å². The number of hydrogen-bond acceptors (Lipinski definition) is 4. The summed E-state index contributed by atoms with van der Waals surface area (Å²) < 4.78 is 15.3. The maximum Gasteiger partial charge on any atom is 0.255 e. The first-order chi connectivity index (χ1) is 18.0. The highest BCUT2D eigenvalue weighted by Crippen LogP contribution is 2.41. The van der Waals surface area contributed by atoms with Crippen LogP contribution in [-0.2, 0) is 11.8 Å². The molecule has 1 unspecified atom stereocenters. The van der Waals surface area contributed by atoms with E-state index in [1.807, 2.05) is 21.8 Å². The summed E-state index contributed by atoms with van der Waals surface area (Å²) in [5, 5.41) is 13.3. The monoisotopic (exact) mass is 491 g/mol. The molecule has 1 saturated heterocycles. The molecule has 6 nitrogen and oxygen atoms in total. The smallest absolute Gasteiger partial charge is 0.255 e. The summed E-state index contributed by atoms with van der Waals surface area (Å²) in [6, 6.07) is 22.9. The van der Waals surface area contributed by atoms with Gasteiger partial charge in [-0.15, -0.1) is 0 Å². The van der Waals surface area contributed by atoms with E-state index >= 15 is 0 Å². The highest BCUT2D eigenvalue weighted by molar-refractivity contribution is 5.94. The molecule has 1 amide bonds. The van der Waals surface area contributed by atoms with E-state index in [1.165, 1.54) is 29.5 Å². The molecule has 3 heterocycles. The Morgan fingerprint density at radius 2 is 1.81 bits per heavy atom. The number of benzene rings is 3. The van der Waals surface area contributed by atoms with Gasteiger partial charge in [-0.1, -0.05) is 30.3 Å². The summed E-state index contributed by atoms with van der Waals surface area (Å²) in [6.45, 7) is 3.41. The average molecular weight is 492 g/mol. The van der Waals surface area contributed by atoms with Gasteiger partial charge in [-0.2, -0.15) is 15.3 Å². The Morgan fingerprint density at radius 3 is 2.57 bits per heavy atom. The van der Waals surface area contributed by atoms with Crippen LogP contribution in [0.5, 0.6) is 0 Å². The second kappa shape index (κ2) is 9.24. The molecule has 3 aromatic carbocycles. The number of carbonyl (C=O) groups excluding carboxylic acids is 1. The van der Waals surface area contributed by atoms with E-state index in [2.05, 4.69) is 58.6 Å². The van der Waals surface area contributed by atoms with E-state index in [9.17, 15) is 9.18 Å². The molecule has 1 aliphatic rings. The normalized spacial score (nSPS) is 17.4. The van der Waals surface area contributed by atoms with Gasteiger partial charge in [0.25, 0.3) is 5.91 Å². The SMILES string of the molecule is Cc1cc2c(cnn2-c2ccc(F)cc2)cc1C1(Cc2ccccc2)CCN(C(=O)c2ccnnc2)C1. The van der Waals surface area contributed by atoms with E-state index in [4.69, 9.17) is 0 Å². The number of carbonyl (C=O) groups is 1. The average Bonchev–Trinajstić information content (AvgIpc) is 3.54. The third-order valence-electron chi connectivity index (χ3n) is 7.41. The molecular formula is C30H26FN5O. The number of aryl methyl sites for hydroxylation is 1. The number of rotatable bonds is 5. The minimum atomic E-state index is -0.274. The van der Waals surface area contributed by atoms with Crippen LogP contribution in [0.25, 0.3) is 16.6 Å². The van der Waals surface area contributed by atoms with Crippen LogP contribution in [0.4, 0.5) is 4.39 Å². The fourth-order valence-electron chi connectivity index (χ4n) is 5.63. The van der Waals surface area contributed by atoms with Crippen molar-refractivity contribution in [1.29, 1.82) is 0 Å². The number of halogens is 1. The zero-order valence-electron chi connectivity index (χ0n) is 20.5. The van der Waals surface area contributed by atoms with Gasteiger partial charge in [0.1, 0.15) is 5.82 Å². The van der Waals surface area contributed by atoms with Crippen molar-refractivity contribution in [3.63, 3.8) is 0 Å². The molecule has 5 aromatic rings. The van der Waals surface area contributed by atoms with Gasteiger partial charge in [0.2, 0.25) is 0 Å².